The molecule has 4 nitrogen and oxygen atoms in total. The zero-order valence-corrected chi connectivity index (χ0v) is 12.1. The molecule has 1 aromatic carbocycles. The van der Waals surface area contributed by atoms with E-state index in [0.717, 1.165) is 11.1 Å². The highest BCUT2D eigenvalue weighted by Gasteiger charge is 2.44. The van der Waals surface area contributed by atoms with Crippen molar-refractivity contribution in [3.63, 3.8) is 0 Å². The van der Waals surface area contributed by atoms with Crippen LogP contribution in [0.15, 0.2) is 42.0 Å². The third kappa shape index (κ3) is 2.30. The summed E-state index contributed by atoms with van der Waals surface area (Å²) >= 11 is 5.96. The number of nitrogens with zero attached hydrogens (tertiary/aromatic N) is 2. The van der Waals surface area contributed by atoms with Crippen molar-refractivity contribution in [2.45, 2.75) is 25.6 Å². The van der Waals surface area contributed by atoms with Crippen molar-refractivity contribution < 1.29 is 9.63 Å². The van der Waals surface area contributed by atoms with Gasteiger partial charge in [0.2, 0.25) is 0 Å². The highest BCUT2D eigenvalue weighted by molar-refractivity contribution is 6.18. The summed E-state index contributed by atoms with van der Waals surface area (Å²) in [6.07, 6.45) is 2.08. The van der Waals surface area contributed by atoms with Crippen LogP contribution >= 0.6 is 11.6 Å². The number of hydrogen-bond acceptors (Lipinski definition) is 2. The van der Waals surface area contributed by atoms with Crippen molar-refractivity contribution in [3.8, 4) is 0 Å². The number of benzene rings is 1. The number of rotatable bonds is 4. The summed E-state index contributed by atoms with van der Waals surface area (Å²) in [6.45, 7) is 3.07. The summed E-state index contributed by atoms with van der Waals surface area (Å²) in [5.74, 6) is 0.424. The highest BCUT2D eigenvalue weighted by atomic mass is 35.5. The Morgan fingerprint density at radius 2 is 2.10 bits per heavy atom. The molecule has 0 aliphatic carbocycles. The van der Waals surface area contributed by atoms with Gasteiger partial charge in [0.1, 0.15) is 6.61 Å². The maximum atomic E-state index is 12.4. The molecule has 0 unspecified atom stereocenters. The van der Waals surface area contributed by atoms with E-state index in [-0.39, 0.29) is 18.1 Å². The van der Waals surface area contributed by atoms with Crippen LogP contribution in [0, 0.1) is 0 Å². The SMILES string of the molecule is CC1=C[C@@H]2CN(C(=O)N2OCc2ccccc2)[C@@H]1CCl. The number of fused-ring (bicyclic) bond motifs is 2. The van der Waals surface area contributed by atoms with E-state index in [4.69, 9.17) is 16.4 Å². The zero-order chi connectivity index (χ0) is 14.1. The Balaban J connectivity index is 1.71. The first-order valence-corrected chi connectivity index (χ1v) is 7.25. The molecule has 3 rings (SSSR count). The Kier molecular flexibility index (Phi) is 3.68. The lowest BCUT2D eigenvalue weighted by Gasteiger charge is -2.28. The number of carbonyl (C=O) groups excluding carboxylic acids is 1. The summed E-state index contributed by atoms with van der Waals surface area (Å²) in [4.78, 5) is 19.9. The van der Waals surface area contributed by atoms with Gasteiger partial charge in [0.15, 0.2) is 0 Å². The molecule has 0 radical (unpaired) electrons. The van der Waals surface area contributed by atoms with E-state index in [1.165, 1.54) is 5.06 Å². The van der Waals surface area contributed by atoms with Gasteiger partial charge in [-0.1, -0.05) is 42.0 Å². The lowest BCUT2D eigenvalue weighted by Crippen LogP contribution is -2.41. The molecule has 5 heteroatoms. The Bertz CT molecular complexity index is 532. The minimum atomic E-state index is -0.0929. The van der Waals surface area contributed by atoms with E-state index < -0.39 is 0 Å². The maximum absolute atomic E-state index is 12.4. The van der Waals surface area contributed by atoms with Gasteiger partial charge in [0.05, 0.1) is 12.1 Å². The third-order valence-electron chi connectivity index (χ3n) is 3.84. The lowest BCUT2D eigenvalue weighted by atomic mass is 10.0. The van der Waals surface area contributed by atoms with Crippen LogP contribution in [0.1, 0.15) is 12.5 Å². The van der Waals surface area contributed by atoms with E-state index in [1.807, 2.05) is 37.3 Å². The predicted octanol–water partition coefficient (Wildman–Crippen LogP) is 2.79. The summed E-state index contributed by atoms with van der Waals surface area (Å²) in [5, 5.41) is 1.48. The molecule has 0 spiro atoms. The van der Waals surface area contributed by atoms with Crippen molar-refractivity contribution in [3.05, 3.63) is 47.5 Å². The van der Waals surface area contributed by atoms with Crippen LogP contribution in [0.5, 0.6) is 0 Å². The number of carbonyl (C=O) groups is 1. The van der Waals surface area contributed by atoms with Gasteiger partial charge >= 0.3 is 6.03 Å². The van der Waals surface area contributed by atoms with Gasteiger partial charge in [-0.2, -0.15) is 5.06 Å². The van der Waals surface area contributed by atoms with Crippen LogP contribution in [-0.4, -0.2) is 40.5 Å². The van der Waals surface area contributed by atoms with Crippen molar-refractivity contribution in [2.75, 3.05) is 12.4 Å². The Morgan fingerprint density at radius 3 is 2.80 bits per heavy atom. The standard InChI is InChI=1S/C15H17ClN2O2/c1-11-7-13-9-17(14(11)8-16)15(19)18(13)20-10-12-5-3-2-4-6-12/h2-7,13-14H,8-10H2,1H3/t13-,14-/m1/s1. The molecule has 1 aromatic rings. The summed E-state index contributed by atoms with van der Waals surface area (Å²) in [7, 11) is 0. The van der Waals surface area contributed by atoms with E-state index in [1.54, 1.807) is 4.90 Å². The van der Waals surface area contributed by atoms with E-state index >= 15 is 0 Å². The van der Waals surface area contributed by atoms with Gasteiger partial charge in [-0.05, 0) is 12.5 Å². The molecular weight excluding hydrogens is 276 g/mol. The molecule has 0 aromatic heterocycles. The normalized spacial score (nSPS) is 25.1. The first kappa shape index (κ1) is 13.5. The molecule has 2 heterocycles. The summed E-state index contributed by atoms with van der Waals surface area (Å²) in [5.41, 5.74) is 2.18. The molecule has 2 aliphatic heterocycles. The second-order valence-corrected chi connectivity index (χ2v) is 5.48. The van der Waals surface area contributed by atoms with Crippen LogP contribution in [0.25, 0.3) is 0 Å². The monoisotopic (exact) mass is 292 g/mol. The minimum Gasteiger partial charge on any atom is -0.312 e. The number of hydroxylamine groups is 2. The van der Waals surface area contributed by atoms with E-state index in [0.29, 0.717) is 19.0 Å². The highest BCUT2D eigenvalue weighted by Crippen LogP contribution is 2.30. The summed E-state index contributed by atoms with van der Waals surface area (Å²) in [6, 6.07) is 9.73. The van der Waals surface area contributed by atoms with Crippen LogP contribution in [0.2, 0.25) is 0 Å². The first-order valence-electron chi connectivity index (χ1n) is 6.71. The molecule has 1 saturated heterocycles. The second kappa shape index (κ2) is 5.46. The zero-order valence-electron chi connectivity index (χ0n) is 11.3. The van der Waals surface area contributed by atoms with E-state index in [2.05, 4.69) is 6.08 Å². The molecule has 2 amide bonds. The van der Waals surface area contributed by atoms with Gasteiger partial charge in [-0.25, -0.2) is 4.79 Å². The topological polar surface area (TPSA) is 32.8 Å². The van der Waals surface area contributed by atoms with Crippen molar-refractivity contribution in [1.29, 1.82) is 0 Å². The largest absolute Gasteiger partial charge is 0.345 e. The number of alkyl halides is 1. The van der Waals surface area contributed by atoms with Gasteiger partial charge in [-0.3, -0.25) is 4.84 Å². The lowest BCUT2D eigenvalue weighted by molar-refractivity contribution is -0.131. The third-order valence-corrected chi connectivity index (χ3v) is 4.13. The van der Waals surface area contributed by atoms with Crippen molar-refractivity contribution in [1.82, 2.24) is 9.96 Å². The molecule has 1 fully saturated rings. The Labute approximate surface area is 123 Å². The van der Waals surface area contributed by atoms with Gasteiger partial charge in [0.25, 0.3) is 0 Å². The average Bonchev–Trinajstić information content (AvgIpc) is 2.71. The average molecular weight is 293 g/mol. The van der Waals surface area contributed by atoms with Crippen LogP contribution in [0.3, 0.4) is 0 Å². The number of halogens is 1. The van der Waals surface area contributed by atoms with Gasteiger partial charge < -0.3 is 4.90 Å². The maximum Gasteiger partial charge on any atom is 0.345 e. The number of urea groups is 1. The molecule has 20 heavy (non-hydrogen) atoms. The smallest absolute Gasteiger partial charge is 0.312 e. The molecule has 0 N–H and O–H groups in total. The predicted molar refractivity (Wildman–Crippen MR) is 77.2 cm³/mol. The molecule has 2 atom stereocenters. The van der Waals surface area contributed by atoms with Gasteiger partial charge in [0, 0.05) is 12.4 Å². The van der Waals surface area contributed by atoms with Crippen LogP contribution in [-0.2, 0) is 11.4 Å². The van der Waals surface area contributed by atoms with Gasteiger partial charge in [-0.15, -0.1) is 11.6 Å². The molecule has 2 aliphatic rings. The van der Waals surface area contributed by atoms with Crippen molar-refractivity contribution in [2.24, 2.45) is 0 Å². The molecule has 2 bridgehead atoms. The molecule has 0 saturated carbocycles. The summed E-state index contributed by atoms with van der Waals surface area (Å²) < 4.78 is 0. The number of amides is 2. The fourth-order valence-electron chi connectivity index (χ4n) is 2.74. The quantitative estimate of drug-likeness (QED) is 0.631. The Hall–Kier alpha value is -1.52. The first-order chi connectivity index (χ1) is 9.70. The minimum absolute atomic E-state index is 0.00857. The van der Waals surface area contributed by atoms with Crippen LogP contribution < -0.4 is 0 Å². The molecular formula is C15H17ClN2O2. The Morgan fingerprint density at radius 1 is 1.35 bits per heavy atom. The van der Waals surface area contributed by atoms with Crippen molar-refractivity contribution >= 4 is 17.6 Å². The second-order valence-electron chi connectivity index (χ2n) is 5.17. The fourth-order valence-corrected chi connectivity index (χ4v) is 3.15. The fraction of sp³-hybridized carbons (Fsp3) is 0.400. The number of hydrogen-bond donors (Lipinski definition) is 0. The van der Waals surface area contributed by atoms with Crippen LogP contribution in [0.4, 0.5) is 4.79 Å². The van der Waals surface area contributed by atoms with E-state index in [9.17, 15) is 4.79 Å². The molecule has 106 valence electrons.